The Morgan fingerprint density at radius 1 is 1.28 bits per heavy atom. The first-order valence-corrected chi connectivity index (χ1v) is 6.17. The van der Waals surface area contributed by atoms with Crippen LogP contribution in [0.5, 0.6) is 0 Å². The van der Waals surface area contributed by atoms with Gasteiger partial charge in [-0.3, -0.25) is 4.79 Å². The Bertz CT molecular complexity index is 661. The Labute approximate surface area is 107 Å². The lowest BCUT2D eigenvalue weighted by Crippen LogP contribution is -2.00. The second-order valence-electron chi connectivity index (χ2n) is 3.56. The third-order valence-electron chi connectivity index (χ3n) is 2.42. The Kier molecular flexibility index (Phi) is 2.70. The summed E-state index contributed by atoms with van der Waals surface area (Å²) in [6.45, 7) is 0. The molecule has 18 heavy (non-hydrogen) atoms. The van der Waals surface area contributed by atoms with E-state index in [9.17, 15) is 4.79 Å². The second kappa shape index (κ2) is 4.50. The minimum atomic E-state index is 0.446. The highest BCUT2D eigenvalue weighted by Crippen LogP contribution is 2.23. The fraction of sp³-hybridized carbons (Fsp3) is 0. The van der Waals surface area contributed by atoms with Gasteiger partial charge in [0.15, 0.2) is 6.29 Å². The Morgan fingerprint density at radius 2 is 2.11 bits per heavy atom. The lowest BCUT2D eigenvalue weighted by Gasteiger charge is -1.96. The van der Waals surface area contributed by atoms with Gasteiger partial charge in [-0.25, -0.2) is 14.6 Å². The first-order valence-electron chi connectivity index (χ1n) is 5.23. The van der Waals surface area contributed by atoms with Crippen LogP contribution in [0.2, 0.25) is 0 Å². The molecule has 0 aliphatic carbocycles. The number of aromatic nitrogens is 4. The molecule has 3 aromatic rings. The van der Waals surface area contributed by atoms with Gasteiger partial charge >= 0.3 is 0 Å². The third kappa shape index (κ3) is 1.82. The molecule has 6 heteroatoms. The van der Waals surface area contributed by atoms with Crippen molar-refractivity contribution in [2.75, 3.05) is 0 Å². The van der Waals surface area contributed by atoms with E-state index in [1.165, 1.54) is 4.68 Å². The Balaban J connectivity index is 2.12. The molecule has 0 aromatic carbocycles. The van der Waals surface area contributed by atoms with Gasteiger partial charge in [0.25, 0.3) is 0 Å². The molecule has 88 valence electrons. The Hall–Kier alpha value is -2.34. The molecular formula is C12H8N4OS. The normalized spacial score (nSPS) is 10.4. The highest BCUT2D eigenvalue weighted by Gasteiger charge is 2.12. The summed E-state index contributed by atoms with van der Waals surface area (Å²) in [7, 11) is 0. The molecule has 3 heterocycles. The first kappa shape index (κ1) is 10.8. The molecule has 0 fully saturated rings. The standard InChI is InChI=1S/C12H8N4OS/c17-7-10-6-16(12-13-3-1-4-14-12)15-11(10)9-2-5-18-8-9/h1-8H. The summed E-state index contributed by atoms with van der Waals surface area (Å²) in [5, 5.41) is 8.26. The average molecular weight is 256 g/mol. The van der Waals surface area contributed by atoms with Gasteiger partial charge in [-0.1, -0.05) is 0 Å². The first-order chi connectivity index (χ1) is 8.88. The smallest absolute Gasteiger partial charge is 0.250 e. The third-order valence-corrected chi connectivity index (χ3v) is 3.10. The lowest BCUT2D eigenvalue weighted by molar-refractivity contribution is 0.112. The van der Waals surface area contributed by atoms with E-state index >= 15 is 0 Å². The van der Waals surface area contributed by atoms with Gasteiger partial charge in [-0.15, -0.1) is 0 Å². The fourth-order valence-electron chi connectivity index (χ4n) is 1.61. The summed E-state index contributed by atoms with van der Waals surface area (Å²) in [6.07, 6.45) is 5.69. The summed E-state index contributed by atoms with van der Waals surface area (Å²) in [5.41, 5.74) is 2.11. The van der Waals surface area contributed by atoms with Crippen molar-refractivity contribution in [3.8, 4) is 17.2 Å². The number of nitrogens with zero attached hydrogens (tertiary/aromatic N) is 4. The van der Waals surface area contributed by atoms with Crippen molar-refractivity contribution in [2.24, 2.45) is 0 Å². The predicted molar refractivity (Wildman–Crippen MR) is 67.9 cm³/mol. The maximum absolute atomic E-state index is 11.1. The minimum Gasteiger partial charge on any atom is -0.298 e. The van der Waals surface area contributed by atoms with E-state index in [4.69, 9.17) is 0 Å². The van der Waals surface area contributed by atoms with Crippen LogP contribution < -0.4 is 0 Å². The van der Waals surface area contributed by atoms with Crippen molar-refractivity contribution in [1.29, 1.82) is 0 Å². The predicted octanol–water partition coefficient (Wildman–Crippen LogP) is 2.20. The molecular weight excluding hydrogens is 248 g/mol. The van der Waals surface area contributed by atoms with Crippen LogP contribution in [-0.2, 0) is 0 Å². The molecule has 0 aliphatic heterocycles. The summed E-state index contributed by atoms with van der Waals surface area (Å²) >= 11 is 1.56. The molecule has 0 saturated heterocycles. The van der Waals surface area contributed by atoms with Gasteiger partial charge in [0.1, 0.15) is 5.69 Å². The molecule has 0 aliphatic rings. The molecule has 3 rings (SSSR count). The van der Waals surface area contributed by atoms with Crippen molar-refractivity contribution in [1.82, 2.24) is 19.7 Å². The maximum Gasteiger partial charge on any atom is 0.250 e. The van der Waals surface area contributed by atoms with E-state index in [1.807, 2.05) is 16.8 Å². The zero-order chi connectivity index (χ0) is 12.4. The molecule has 5 nitrogen and oxygen atoms in total. The zero-order valence-corrected chi connectivity index (χ0v) is 10.0. The quantitative estimate of drug-likeness (QED) is 0.674. The summed E-state index contributed by atoms with van der Waals surface area (Å²) in [5.74, 6) is 0.446. The van der Waals surface area contributed by atoms with E-state index in [1.54, 1.807) is 36.0 Å². The van der Waals surface area contributed by atoms with Gasteiger partial charge < -0.3 is 0 Å². The number of rotatable bonds is 3. The molecule has 0 atom stereocenters. The highest BCUT2D eigenvalue weighted by molar-refractivity contribution is 7.08. The van der Waals surface area contributed by atoms with E-state index in [2.05, 4.69) is 15.1 Å². The van der Waals surface area contributed by atoms with Crippen LogP contribution >= 0.6 is 11.3 Å². The fourth-order valence-corrected chi connectivity index (χ4v) is 2.25. The largest absolute Gasteiger partial charge is 0.298 e. The van der Waals surface area contributed by atoms with Crippen LogP contribution in [-0.4, -0.2) is 26.0 Å². The molecule has 0 spiro atoms. The zero-order valence-electron chi connectivity index (χ0n) is 9.22. The number of hydrogen-bond acceptors (Lipinski definition) is 5. The monoisotopic (exact) mass is 256 g/mol. The van der Waals surface area contributed by atoms with Crippen LogP contribution in [0, 0.1) is 0 Å². The molecule has 0 bridgehead atoms. The summed E-state index contributed by atoms with van der Waals surface area (Å²) in [6, 6.07) is 3.66. The van der Waals surface area contributed by atoms with Gasteiger partial charge in [0.05, 0.1) is 5.56 Å². The van der Waals surface area contributed by atoms with Crippen molar-refractivity contribution in [3.05, 3.63) is 47.0 Å². The maximum atomic E-state index is 11.1. The van der Waals surface area contributed by atoms with Crippen LogP contribution in [0.25, 0.3) is 17.2 Å². The van der Waals surface area contributed by atoms with Crippen molar-refractivity contribution in [2.45, 2.75) is 0 Å². The van der Waals surface area contributed by atoms with E-state index in [-0.39, 0.29) is 0 Å². The van der Waals surface area contributed by atoms with Gasteiger partial charge in [-0.05, 0) is 17.5 Å². The van der Waals surface area contributed by atoms with Crippen molar-refractivity contribution in [3.63, 3.8) is 0 Å². The molecule has 0 N–H and O–H groups in total. The van der Waals surface area contributed by atoms with Gasteiger partial charge in [0.2, 0.25) is 5.95 Å². The van der Waals surface area contributed by atoms with Crippen LogP contribution in [0.4, 0.5) is 0 Å². The van der Waals surface area contributed by atoms with Crippen LogP contribution in [0.15, 0.2) is 41.5 Å². The number of thiophene rings is 1. The molecule has 0 radical (unpaired) electrons. The number of carbonyl (C=O) groups is 1. The van der Waals surface area contributed by atoms with E-state index < -0.39 is 0 Å². The SMILES string of the molecule is O=Cc1cn(-c2ncccn2)nc1-c1ccsc1. The number of hydrogen-bond donors (Lipinski definition) is 0. The number of aldehydes is 1. The lowest BCUT2D eigenvalue weighted by atomic mass is 10.2. The van der Waals surface area contributed by atoms with Crippen LogP contribution in [0.3, 0.4) is 0 Å². The topological polar surface area (TPSA) is 60.7 Å². The van der Waals surface area contributed by atoms with E-state index in [0.717, 1.165) is 11.8 Å². The molecule has 0 unspecified atom stereocenters. The number of carbonyl (C=O) groups excluding carboxylic acids is 1. The summed E-state index contributed by atoms with van der Waals surface area (Å²) < 4.78 is 1.51. The minimum absolute atomic E-state index is 0.446. The second-order valence-corrected chi connectivity index (χ2v) is 4.34. The highest BCUT2D eigenvalue weighted by atomic mass is 32.1. The molecule has 3 aromatic heterocycles. The molecule has 0 saturated carbocycles. The van der Waals surface area contributed by atoms with Gasteiger partial charge in [-0.2, -0.15) is 16.4 Å². The van der Waals surface area contributed by atoms with Crippen LogP contribution in [0.1, 0.15) is 10.4 Å². The summed E-state index contributed by atoms with van der Waals surface area (Å²) in [4.78, 5) is 19.3. The van der Waals surface area contributed by atoms with Gasteiger partial charge in [0, 0.05) is 29.5 Å². The van der Waals surface area contributed by atoms with E-state index in [0.29, 0.717) is 17.2 Å². The molecule has 0 amide bonds. The van der Waals surface area contributed by atoms with Crippen molar-refractivity contribution < 1.29 is 4.79 Å². The van der Waals surface area contributed by atoms with Crippen molar-refractivity contribution >= 4 is 17.6 Å². The Morgan fingerprint density at radius 3 is 2.78 bits per heavy atom. The average Bonchev–Trinajstić information content (AvgIpc) is 3.08.